The molecule has 0 radical (unpaired) electrons. The quantitative estimate of drug-likeness (QED) is 0.730. The van der Waals surface area contributed by atoms with Gasteiger partial charge in [0, 0.05) is 22.9 Å². The van der Waals surface area contributed by atoms with Crippen LogP contribution in [0, 0.1) is 6.92 Å². The van der Waals surface area contributed by atoms with Crippen molar-refractivity contribution < 1.29 is 4.79 Å². The van der Waals surface area contributed by atoms with Gasteiger partial charge >= 0.3 is 0 Å². The maximum Gasteiger partial charge on any atom is 0.239 e. The van der Waals surface area contributed by atoms with Crippen molar-refractivity contribution in [2.75, 3.05) is 24.6 Å². The molecule has 0 saturated heterocycles. The van der Waals surface area contributed by atoms with Crippen LogP contribution in [0.25, 0.3) is 0 Å². The number of benzene rings is 1. The van der Waals surface area contributed by atoms with Crippen molar-refractivity contribution in [1.82, 2.24) is 5.32 Å². The SMILES string of the molecule is CNC(=O)CNc1cc(C)c(N)cc1Br. The van der Waals surface area contributed by atoms with Gasteiger partial charge in [0.25, 0.3) is 0 Å². The second-order valence-electron chi connectivity index (χ2n) is 3.22. The molecule has 82 valence electrons. The molecule has 0 fully saturated rings. The predicted octanol–water partition coefficient (Wildman–Crippen LogP) is 1.50. The average Bonchev–Trinajstić information content (AvgIpc) is 2.21. The van der Waals surface area contributed by atoms with Crippen molar-refractivity contribution in [2.45, 2.75) is 6.92 Å². The molecule has 0 unspecified atom stereocenters. The highest BCUT2D eigenvalue weighted by Gasteiger charge is 2.04. The molecule has 0 spiro atoms. The van der Waals surface area contributed by atoms with Gasteiger partial charge in [-0.15, -0.1) is 0 Å². The first-order chi connectivity index (χ1) is 7.04. The maximum atomic E-state index is 11.0. The van der Waals surface area contributed by atoms with Gasteiger partial charge in [-0.1, -0.05) is 0 Å². The smallest absolute Gasteiger partial charge is 0.239 e. The Morgan fingerprint density at radius 2 is 2.20 bits per heavy atom. The normalized spacial score (nSPS) is 9.80. The standard InChI is InChI=1S/C10H14BrN3O/c1-6-3-9(7(11)4-8(6)12)14-5-10(15)13-2/h3-4,14H,5,12H2,1-2H3,(H,13,15). The zero-order valence-corrected chi connectivity index (χ0v) is 10.3. The highest BCUT2D eigenvalue weighted by Crippen LogP contribution is 2.27. The topological polar surface area (TPSA) is 67.2 Å². The number of nitrogen functional groups attached to an aromatic ring is 1. The zero-order valence-electron chi connectivity index (χ0n) is 8.73. The van der Waals surface area contributed by atoms with E-state index in [4.69, 9.17) is 5.73 Å². The van der Waals surface area contributed by atoms with Crippen LogP contribution in [0.5, 0.6) is 0 Å². The van der Waals surface area contributed by atoms with Gasteiger partial charge in [-0.2, -0.15) is 0 Å². The van der Waals surface area contributed by atoms with Gasteiger partial charge in [-0.05, 0) is 40.5 Å². The Kier molecular flexibility index (Phi) is 3.96. The van der Waals surface area contributed by atoms with Crippen molar-refractivity contribution in [3.8, 4) is 0 Å². The van der Waals surface area contributed by atoms with Crippen LogP contribution in [-0.2, 0) is 4.79 Å². The minimum absolute atomic E-state index is 0.0589. The molecule has 0 aliphatic rings. The number of hydrogen-bond acceptors (Lipinski definition) is 3. The van der Waals surface area contributed by atoms with E-state index in [9.17, 15) is 4.79 Å². The van der Waals surface area contributed by atoms with Crippen LogP contribution in [-0.4, -0.2) is 19.5 Å². The summed E-state index contributed by atoms with van der Waals surface area (Å²) in [5, 5.41) is 5.56. The molecule has 1 aromatic rings. The third kappa shape index (κ3) is 3.13. The number of carbonyl (C=O) groups is 1. The molecule has 0 saturated carbocycles. The summed E-state index contributed by atoms with van der Waals surface area (Å²) in [6.07, 6.45) is 0. The molecule has 0 aliphatic heterocycles. The first kappa shape index (κ1) is 11.8. The zero-order chi connectivity index (χ0) is 11.4. The van der Waals surface area contributed by atoms with Gasteiger partial charge < -0.3 is 16.4 Å². The summed E-state index contributed by atoms with van der Waals surface area (Å²) in [5.41, 5.74) is 8.31. The highest BCUT2D eigenvalue weighted by molar-refractivity contribution is 9.10. The number of amides is 1. The Bertz CT molecular complexity index is 379. The van der Waals surface area contributed by atoms with Gasteiger partial charge in [-0.3, -0.25) is 4.79 Å². The number of hydrogen-bond donors (Lipinski definition) is 3. The molecule has 4 nitrogen and oxygen atoms in total. The Balaban J connectivity index is 2.77. The summed E-state index contributed by atoms with van der Waals surface area (Å²) in [6, 6.07) is 3.73. The fourth-order valence-corrected chi connectivity index (χ4v) is 1.60. The Labute approximate surface area is 97.4 Å². The first-order valence-electron chi connectivity index (χ1n) is 4.54. The second-order valence-corrected chi connectivity index (χ2v) is 4.07. The molecule has 0 atom stereocenters. The van der Waals surface area contributed by atoms with Crippen molar-refractivity contribution in [3.05, 3.63) is 22.2 Å². The van der Waals surface area contributed by atoms with E-state index in [0.717, 1.165) is 21.4 Å². The fraction of sp³-hybridized carbons (Fsp3) is 0.300. The lowest BCUT2D eigenvalue weighted by atomic mass is 10.2. The summed E-state index contributed by atoms with van der Waals surface area (Å²) in [4.78, 5) is 11.0. The third-order valence-electron chi connectivity index (χ3n) is 2.07. The summed E-state index contributed by atoms with van der Waals surface area (Å²) < 4.78 is 0.856. The number of nitrogens with two attached hydrogens (primary N) is 1. The van der Waals surface area contributed by atoms with Gasteiger partial charge in [0.2, 0.25) is 5.91 Å². The fourth-order valence-electron chi connectivity index (χ4n) is 1.10. The van der Waals surface area contributed by atoms with Crippen molar-refractivity contribution in [2.24, 2.45) is 0 Å². The number of halogens is 1. The third-order valence-corrected chi connectivity index (χ3v) is 2.73. The van der Waals surface area contributed by atoms with Crippen LogP contribution >= 0.6 is 15.9 Å². The minimum atomic E-state index is -0.0589. The van der Waals surface area contributed by atoms with E-state index in [1.54, 1.807) is 7.05 Å². The molecular formula is C10H14BrN3O. The molecule has 0 heterocycles. The molecule has 15 heavy (non-hydrogen) atoms. The van der Waals surface area contributed by atoms with E-state index < -0.39 is 0 Å². The molecular weight excluding hydrogens is 258 g/mol. The van der Waals surface area contributed by atoms with E-state index in [1.165, 1.54) is 0 Å². The van der Waals surface area contributed by atoms with Gasteiger partial charge in [-0.25, -0.2) is 0 Å². The monoisotopic (exact) mass is 271 g/mol. The summed E-state index contributed by atoms with van der Waals surface area (Å²) in [7, 11) is 1.60. The molecule has 0 aromatic heterocycles. The number of rotatable bonds is 3. The number of carbonyl (C=O) groups excluding carboxylic acids is 1. The number of anilines is 2. The lowest BCUT2D eigenvalue weighted by Crippen LogP contribution is -2.26. The summed E-state index contributed by atoms with van der Waals surface area (Å²) in [5.74, 6) is -0.0589. The molecule has 0 bridgehead atoms. The van der Waals surface area contributed by atoms with Crippen molar-refractivity contribution in [3.63, 3.8) is 0 Å². The van der Waals surface area contributed by atoms with Crippen LogP contribution in [0.2, 0.25) is 0 Å². The average molecular weight is 272 g/mol. The Morgan fingerprint density at radius 1 is 1.53 bits per heavy atom. The second kappa shape index (κ2) is 5.02. The molecule has 4 N–H and O–H groups in total. The predicted molar refractivity (Wildman–Crippen MR) is 65.8 cm³/mol. The van der Waals surface area contributed by atoms with Crippen LogP contribution in [0.3, 0.4) is 0 Å². The van der Waals surface area contributed by atoms with E-state index in [1.807, 2.05) is 19.1 Å². The highest BCUT2D eigenvalue weighted by atomic mass is 79.9. The minimum Gasteiger partial charge on any atom is -0.398 e. The largest absolute Gasteiger partial charge is 0.398 e. The van der Waals surface area contributed by atoms with Crippen LogP contribution in [0.15, 0.2) is 16.6 Å². The van der Waals surface area contributed by atoms with Gasteiger partial charge in [0.05, 0.1) is 6.54 Å². The summed E-state index contributed by atoms with van der Waals surface area (Å²) in [6.45, 7) is 2.17. The first-order valence-corrected chi connectivity index (χ1v) is 5.34. The van der Waals surface area contributed by atoms with Crippen LogP contribution < -0.4 is 16.4 Å². The lowest BCUT2D eigenvalue weighted by molar-refractivity contribution is -0.118. The number of nitrogens with one attached hydrogen (secondary N) is 2. The number of likely N-dealkylation sites (N-methyl/N-ethyl adjacent to an activating group) is 1. The Morgan fingerprint density at radius 3 is 2.80 bits per heavy atom. The number of aryl methyl sites for hydroxylation is 1. The van der Waals surface area contributed by atoms with Gasteiger partial charge in [0.1, 0.15) is 0 Å². The summed E-state index contributed by atoms with van der Waals surface area (Å²) >= 11 is 3.38. The van der Waals surface area contributed by atoms with Gasteiger partial charge in [0.15, 0.2) is 0 Å². The van der Waals surface area contributed by atoms with E-state index in [0.29, 0.717) is 0 Å². The van der Waals surface area contributed by atoms with Crippen LogP contribution in [0.1, 0.15) is 5.56 Å². The molecule has 1 amide bonds. The van der Waals surface area contributed by atoms with E-state index in [-0.39, 0.29) is 12.5 Å². The maximum absolute atomic E-state index is 11.0. The molecule has 5 heteroatoms. The molecule has 1 rings (SSSR count). The van der Waals surface area contributed by atoms with E-state index >= 15 is 0 Å². The lowest BCUT2D eigenvalue weighted by Gasteiger charge is -2.10. The van der Waals surface area contributed by atoms with Crippen molar-refractivity contribution in [1.29, 1.82) is 0 Å². The van der Waals surface area contributed by atoms with E-state index in [2.05, 4.69) is 26.6 Å². The Hall–Kier alpha value is -1.23. The van der Waals surface area contributed by atoms with Crippen molar-refractivity contribution >= 4 is 33.2 Å². The molecule has 1 aromatic carbocycles. The van der Waals surface area contributed by atoms with Crippen LogP contribution in [0.4, 0.5) is 11.4 Å². The molecule has 0 aliphatic carbocycles.